The molecular weight excluding hydrogens is 454 g/mol. The second kappa shape index (κ2) is 7.36. The molecule has 0 spiro atoms. The molecule has 0 aliphatic heterocycles. The van der Waals surface area contributed by atoms with Crippen LogP contribution in [-0.2, 0) is 0 Å². The average Bonchev–Trinajstić information content (AvgIpc) is 3.32. The van der Waals surface area contributed by atoms with Crippen LogP contribution in [0.5, 0.6) is 0 Å². The summed E-state index contributed by atoms with van der Waals surface area (Å²) in [6, 6.07) is 37.6. The maximum Gasteiger partial charge on any atom is 0.0708 e. The van der Waals surface area contributed by atoms with Gasteiger partial charge in [-0.05, 0) is 68.7 Å². The van der Waals surface area contributed by atoms with E-state index in [0.717, 1.165) is 5.52 Å². The summed E-state index contributed by atoms with van der Waals surface area (Å²) in [4.78, 5) is 4.75. The van der Waals surface area contributed by atoms with Gasteiger partial charge in [-0.1, -0.05) is 84.9 Å². The number of aryl methyl sites for hydroxylation is 1. The molecule has 8 aromatic rings. The monoisotopic (exact) mass is 475 g/mol. The Kier molecular flexibility index (Phi) is 4.09. The van der Waals surface area contributed by atoms with E-state index in [1.807, 2.05) is 17.5 Å². The van der Waals surface area contributed by atoms with Gasteiger partial charge in [0, 0.05) is 37.1 Å². The predicted molar refractivity (Wildman–Crippen MR) is 157 cm³/mol. The van der Waals surface area contributed by atoms with E-state index in [2.05, 4.69) is 110 Å². The molecule has 0 aliphatic rings. The van der Waals surface area contributed by atoms with E-state index in [9.17, 15) is 0 Å². The van der Waals surface area contributed by atoms with Crippen LogP contribution in [0, 0.1) is 6.92 Å². The van der Waals surface area contributed by atoms with Gasteiger partial charge in [0.05, 0.1) is 5.52 Å². The van der Waals surface area contributed by atoms with Crippen molar-refractivity contribution in [2.45, 2.75) is 6.92 Å². The number of aromatic nitrogens is 1. The number of hydrogen-bond donors (Lipinski definition) is 0. The molecule has 0 amide bonds. The van der Waals surface area contributed by atoms with Gasteiger partial charge >= 0.3 is 0 Å². The third-order valence-corrected chi connectivity index (χ3v) is 8.78. The topological polar surface area (TPSA) is 12.9 Å². The molecule has 2 heteroatoms. The summed E-state index contributed by atoms with van der Waals surface area (Å²) in [6.07, 6.45) is 2.03. The summed E-state index contributed by atoms with van der Waals surface area (Å²) < 4.78 is 2.69. The smallest absolute Gasteiger partial charge is 0.0708 e. The van der Waals surface area contributed by atoms with E-state index in [1.54, 1.807) is 0 Å². The van der Waals surface area contributed by atoms with Gasteiger partial charge in [0.25, 0.3) is 0 Å². The fraction of sp³-hybridized carbons (Fsp3) is 0.0294. The lowest BCUT2D eigenvalue weighted by Gasteiger charge is -2.16. The van der Waals surface area contributed by atoms with Crippen LogP contribution in [0.25, 0.3) is 74.5 Å². The number of benzene rings is 6. The SMILES string of the molecule is Cc1cnc2ccccc2c1-c1cc2c3ccccc3c3ccccc3c2c2sc3ccccc3c12. The Morgan fingerprint density at radius 2 is 1.14 bits per heavy atom. The van der Waals surface area contributed by atoms with Crippen LogP contribution < -0.4 is 0 Å². The van der Waals surface area contributed by atoms with Gasteiger partial charge < -0.3 is 0 Å². The van der Waals surface area contributed by atoms with Gasteiger partial charge in [-0.3, -0.25) is 4.98 Å². The van der Waals surface area contributed by atoms with Crippen LogP contribution in [0.2, 0.25) is 0 Å². The van der Waals surface area contributed by atoms with Gasteiger partial charge in [-0.25, -0.2) is 0 Å². The summed E-state index contributed by atoms with van der Waals surface area (Å²) in [5.41, 5.74) is 4.82. The van der Waals surface area contributed by atoms with Crippen LogP contribution in [-0.4, -0.2) is 4.98 Å². The Bertz CT molecular complexity index is 2170. The molecule has 0 unspecified atom stereocenters. The molecule has 2 aromatic heterocycles. The Morgan fingerprint density at radius 1 is 0.556 bits per heavy atom. The number of nitrogens with zero attached hydrogens (tertiary/aromatic N) is 1. The number of rotatable bonds is 1. The highest BCUT2D eigenvalue weighted by molar-refractivity contribution is 7.27. The lowest BCUT2D eigenvalue weighted by atomic mass is 9.87. The molecule has 0 saturated carbocycles. The van der Waals surface area contributed by atoms with Crippen molar-refractivity contribution in [2.75, 3.05) is 0 Å². The molecule has 36 heavy (non-hydrogen) atoms. The van der Waals surface area contributed by atoms with E-state index >= 15 is 0 Å². The highest BCUT2D eigenvalue weighted by Crippen LogP contribution is 2.49. The Labute approximate surface area is 212 Å². The molecule has 0 N–H and O–H groups in total. The molecule has 6 aromatic carbocycles. The quantitative estimate of drug-likeness (QED) is 0.215. The minimum Gasteiger partial charge on any atom is -0.256 e. The molecule has 0 saturated heterocycles. The molecule has 2 heterocycles. The first-order valence-corrected chi connectivity index (χ1v) is 13.1. The fourth-order valence-corrected chi connectivity index (χ4v) is 7.35. The standard InChI is InChI=1S/C34H21NS/c1-20-19-35-29-16-8-6-14-25(29)31(20)28-18-27-23-12-3-2-10-21(23)22-11-4-5-13-24(22)32(27)34-33(28)26-15-7-9-17-30(26)36-34/h2-19H,1H3. The fourth-order valence-electron chi connectivity index (χ4n) is 6.06. The zero-order valence-electron chi connectivity index (χ0n) is 19.7. The molecular formula is C34H21NS. The van der Waals surface area contributed by atoms with Crippen LogP contribution in [0.15, 0.2) is 109 Å². The van der Waals surface area contributed by atoms with Crippen molar-refractivity contribution in [2.24, 2.45) is 0 Å². The normalized spacial score (nSPS) is 12.0. The first-order valence-electron chi connectivity index (χ1n) is 12.3. The molecule has 0 fully saturated rings. The van der Waals surface area contributed by atoms with Crippen molar-refractivity contribution in [1.82, 2.24) is 4.98 Å². The summed E-state index contributed by atoms with van der Waals surface area (Å²) >= 11 is 1.92. The summed E-state index contributed by atoms with van der Waals surface area (Å²) in [6.45, 7) is 2.19. The Hall–Kier alpha value is -4.27. The number of thiophene rings is 1. The lowest BCUT2D eigenvalue weighted by molar-refractivity contribution is 1.34. The Balaban J connectivity index is 1.72. The van der Waals surface area contributed by atoms with Gasteiger partial charge in [0.2, 0.25) is 0 Å². The summed E-state index contributed by atoms with van der Waals surface area (Å²) in [5.74, 6) is 0. The van der Waals surface area contributed by atoms with E-state index in [0.29, 0.717) is 0 Å². The van der Waals surface area contributed by atoms with Crippen molar-refractivity contribution < 1.29 is 0 Å². The van der Waals surface area contributed by atoms with Crippen LogP contribution in [0.1, 0.15) is 5.56 Å². The highest BCUT2D eigenvalue weighted by atomic mass is 32.1. The van der Waals surface area contributed by atoms with Crippen molar-refractivity contribution >= 4 is 74.7 Å². The van der Waals surface area contributed by atoms with E-state index in [4.69, 9.17) is 4.98 Å². The van der Waals surface area contributed by atoms with Crippen molar-refractivity contribution in [3.05, 3.63) is 115 Å². The average molecular weight is 476 g/mol. The van der Waals surface area contributed by atoms with Crippen molar-refractivity contribution in [1.29, 1.82) is 0 Å². The molecule has 0 radical (unpaired) electrons. The van der Waals surface area contributed by atoms with E-state index in [1.165, 1.54) is 74.6 Å². The summed E-state index contributed by atoms with van der Waals surface area (Å²) in [7, 11) is 0. The molecule has 1 nitrogen and oxygen atoms in total. The van der Waals surface area contributed by atoms with Crippen LogP contribution >= 0.6 is 11.3 Å². The van der Waals surface area contributed by atoms with Gasteiger partial charge in [0.1, 0.15) is 0 Å². The van der Waals surface area contributed by atoms with Crippen LogP contribution in [0.4, 0.5) is 0 Å². The third-order valence-electron chi connectivity index (χ3n) is 7.59. The van der Waals surface area contributed by atoms with Gasteiger partial charge in [-0.15, -0.1) is 11.3 Å². The zero-order chi connectivity index (χ0) is 23.8. The summed E-state index contributed by atoms with van der Waals surface area (Å²) in [5, 5.41) is 11.8. The second-order valence-electron chi connectivity index (χ2n) is 9.57. The largest absolute Gasteiger partial charge is 0.256 e. The Morgan fingerprint density at radius 3 is 1.92 bits per heavy atom. The third kappa shape index (κ3) is 2.62. The maximum atomic E-state index is 4.75. The first kappa shape index (κ1) is 20.0. The number of fused-ring (bicyclic) bond motifs is 11. The highest BCUT2D eigenvalue weighted by Gasteiger charge is 2.20. The van der Waals surface area contributed by atoms with E-state index < -0.39 is 0 Å². The van der Waals surface area contributed by atoms with Crippen molar-refractivity contribution in [3.63, 3.8) is 0 Å². The van der Waals surface area contributed by atoms with Gasteiger partial charge in [-0.2, -0.15) is 0 Å². The number of hydrogen-bond acceptors (Lipinski definition) is 2. The minimum absolute atomic E-state index is 1.04. The van der Waals surface area contributed by atoms with Crippen LogP contribution in [0.3, 0.4) is 0 Å². The first-order chi connectivity index (χ1) is 17.8. The van der Waals surface area contributed by atoms with E-state index in [-0.39, 0.29) is 0 Å². The lowest BCUT2D eigenvalue weighted by Crippen LogP contribution is -1.91. The van der Waals surface area contributed by atoms with Gasteiger partial charge in [0.15, 0.2) is 0 Å². The predicted octanol–water partition coefficient (Wildman–Crippen LogP) is 10.0. The zero-order valence-corrected chi connectivity index (χ0v) is 20.6. The molecule has 168 valence electrons. The second-order valence-corrected chi connectivity index (χ2v) is 10.6. The maximum absolute atomic E-state index is 4.75. The minimum atomic E-state index is 1.04. The molecule has 8 rings (SSSR count). The number of pyridine rings is 1. The molecule has 0 aliphatic carbocycles. The van der Waals surface area contributed by atoms with Crippen molar-refractivity contribution in [3.8, 4) is 11.1 Å². The number of para-hydroxylation sites is 1. The molecule has 0 atom stereocenters. The molecule has 0 bridgehead atoms.